The fourth-order valence-corrected chi connectivity index (χ4v) is 2.92. The summed E-state index contributed by atoms with van der Waals surface area (Å²) in [6.07, 6.45) is -3.67. The molecule has 0 bridgehead atoms. The van der Waals surface area contributed by atoms with Crippen molar-refractivity contribution in [1.82, 2.24) is 4.37 Å². The van der Waals surface area contributed by atoms with Crippen LogP contribution in [-0.2, 0) is 19.0 Å². The predicted molar refractivity (Wildman–Crippen MR) is 71.3 cm³/mol. The van der Waals surface area contributed by atoms with Gasteiger partial charge in [0.1, 0.15) is 10.7 Å². The van der Waals surface area contributed by atoms with E-state index in [1.165, 1.54) is 6.07 Å². The SMILES string of the molecule is CCc1ccc(-c2nsc(C(F)(F)F)c2CC)cc1F. The van der Waals surface area contributed by atoms with Crippen molar-refractivity contribution in [2.75, 3.05) is 0 Å². The molecule has 0 aliphatic carbocycles. The minimum Gasteiger partial charge on any atom is -0.207 e. The third kappa shape index (κ3) is 2.70. The Balaban J connectivity index is 2.53. The number of rotatable bonds is 3. The summed E-state index contributed by atoms with van der Waals surface area (Å²) in [5.74, 6) is -0.409. The molecule has 0 saturated carbocycles. The number of nitrogens with zero attached hydrogens (tertiary/aromatic N) is 1. The van der Waals surface area contributed by atoms with E-state index in [1.54, 1.807) is 19.1 Å². The van der Waals surface area contributed by atoms with Crippen molar-refractivity contribution < 1.29 is 17.6 Å². The van der Waals surface area contributed by atoms with Crippen LogP contribution >= 0.6 is 11.5 Å². The zero-order chi connectivity index (χ0) is 14.9. The second-order valence-electron chi connectivity index (χ2n) is 4.35. The topological polar surface area (TPSA) is 12.9 Å². The fourth-order valence-electron chi connectivity index (χ4n) is 2.07. The number of benzene rings is 1. The lowest BCUT2D eigenvalue weighted by Crippen LogP contribution is -2.05. The summed E-state index contributed by atoms with van der Waals surface area (Å²) in [4.78, 5) is -0.699. The van der Waals surface area contributed by atoms with E-state index in [0.29, 0.717) is 29.1 Å². The molecule has 108 valence electrons. The molecule has 1 aromatic carbocycles. The van der Waals surface area contributed by atoms with Crippen molar-refractivity contribution in [2.45, 2.75) is 32.9 Å². The first-order valence-electron chi connectivity index (χ1n) is 6.23. The van der Waals surface area contributed by atoms with Crippen molar-refractivity contribution >= 4 is 11.5 Å². The van der Waals surface area contributed by atoms with Crippen LogP contribution in [0.1, 0.15) is 29.9 Å². The van der Waals surface area contributed by atoms with Crippen LogP contribution in [0.4, 0.5) is 17.6 Å². The van der Waals surface area contributed by atoms with Crippen molar-refractivity contribution in [3.63, 3.8) is 0 Å². The molecular formula is C14H13F4NS. The molecule has 20 heavy (non-hydrogen) atoms. The predicted octanol–water partition coefficient (Wildman–Crippen LogP) is 5.09. The molecule has 0 fully saturated rings. The Morgan fingerprint density at radius 1 is 1.15 bits per heavy atom. The maximum Gasteiger partial charge on any atom is 0.427 e. The summed E-state index contributed by atoms with van der Waals surface area (Å²) in [7, 11) is 0. The van der Waals surface area contributed by atoms with Crippen LogP contribution in [0, 0.1) is 5.82 Å². The molecule has 6 heteroatoms. The van der Waals surface area contributed by atoms with Gasteiger partial charge in [-0.2, -0.15) is 17.5 Å². The molecule has 0 spiro atoms. The number of aromatic nitrogens is 1. The van der Waals surface area contributed by atoms with Gasteiger partial charge in [0.15, 0.2) is 0 Å². The second-order valence-corrected chi connectivity index (χ2v) is 5.12. The lowest BCUT2D eigenvalue weighted by atomic mass is 10.0. The van der Waals surface area contributed by atoms with E-state index in [1.807, 2.05) is 6.92 Å². The van der Waals surface area contributed by atoms with E-state index in [-0.39, 0.29) is 17.7 Å². The van der Waals surface area contributed by atoms with E-state index in [0.717, 1.165) is 0 Å². The molecule has 1 nitrogen and oxygen atoms in total. The molecule has 0 amide bonds. The monoisotopic (exact) mass is 303 g/mol. The smallest absolute Gasteiger partial charge is 0.207 e. The molecule has 2 rings (SSSR count). The van der Waals surface area contributed by atoms with Gasteiger partial charge in [0, 0.05) is 11.1 Å². The van der Waals surface area contributed by atoms with Crippen LogP contribution in [0.25, 0.3) is 11.3 Å². The molecular weight excluding hydrogens is 290 g/mol. The van der Waals surface area contributed by atoms with Crippen molar-refractivity contribution in [3.05, 3.63) is 40.0 Å². The summed E-state index contributed by atoms with van der Waals surface area (Å²) in [5.41, 5.74) is 1.29. The first kappa shape index (κ1) is 15.0. The standard InChI is InChI=1S/C14H13F4NS/c1-3-8-5-6-9(7-11(8)15)12-10(4-2)13(20-19-12)14(16,17)18/h5-7H,3-4H2,1-2H3. The lowest BCUT2D eigenvalue weighted by molar-refractivity contribution is -0.134. The average Bonchev–Trinajstić information content (AvgIpc) is 2.82. The number of alkyl halides is 3. The van der Waals surface area contributed by atoms with Crippen LogP contribution < -0.4 is 0 Å². The van der Waals surface area contributed by atoms with Gasteiger partial charge < -0.3 is 0 Å². The zero-order valence-electron chi connectivity index (χ0n) is 11.0. The fraction of sp³-hybridized carbons (Fsp3) is 0.357. The zero-order valence-corrected chi connectivity index (χ0v) is 11.8. The highest BCUT2D eigenvalue weighted by atomic mass is 32.1. The Hall–Kier alpha value is -1.43. The van der Waals surface area contributed by atoms with Crippen LogP contribution in [0.5, 0.6) is 0 Å². The van der Waals surface area contributed by atoms with Gasteiger partial charge in [-0.1, -0.05) is 26.0 Å². The number of hydrogen-bond acceptors (Lipinski definition) is 2. The van der Waals surface area contributed by atoms with Crippen molar-refractivity contribution in [1.29, 1.82) is 0 Å². The summed E-state index contributed by atoms with van der Waals surface area (Å²) in [6, 6.07) is 4.47. The van der Waals surface area contributed by atoms with E-state index >= 15 is 0 Å². The summed E-state index contributed by atoms with van der Waals surface area (Å²) in [6.45, 7) is 3.46. The van der Waals surface area contributed by atoms with Crippen LogP contribution in [0.2, 0.25) is 0 Å². The van der Waals surface area contributed by atoms with Gasteiger partial charge >= 0.3 is 6.18 Å². The maximum absolute atomic E-state index is 13.8. The highest BCUT2D eigenvalue weighted by Crippen LogP contribution is 2.40. The second kappa shape index (κ2) is 5.52. The van der Waals surface area contributed by atoms with Gasteiger partial charge in [-0.05, 0) is 36.0 Å². The van der Waals surface area contributed by atoms with Gasteiger partial charge in [-0.15, -0.1) is 0 Å². The van der Waals surface area contributed by atoms with E-state index in [4.69, 9.17) is 0 Å². The first-order valence-corrected chi connectivity index (χ1v) is 7.00. The summed E-state index contributed by atoms with van der Waals surface area (Å²) < 4.78 is 56.2. The largest absolute Gasteiger partial charge is 0.427 e. The highest BCUT2D eigenvalue weighted by molar-refractivity contribution is 7.06. The Labute approximate surface area is 118 Å². The summed E-state index contributed by atoms with van der Waals surface area (Å²) in [5, 5.41) is 0. The van der Waals surface area contributed by atoms with E-state index in [9.17, 15) is 17.6 Å². The molecule has 0 radical (unpaired) electrons. The third-order valence-electron chi connectivity index (χ3n) is 3.11. The Kier molecular flexibility index (Phi) is 4.13. The molecule has 2 aromatic rings. The van der Waals surface area contributed by atoms with Crippen LogP contribution in [0.3, 0.4) is 0 Å². The van der Waals surface area contributed by atoms with Crippen molar-refractivity contribution in [2.24, 2.45) is 0 Å². The minimum atomic E-state index is -4.41. The van der Waals surface area contributed by atoms with Gasteiger partial charge in [0.25, 0.3) is 0 Å². The molecule has 0 N–H and O–H groups in total. The number of hydrogen-bond donors (Lipinski definition) is 0. The lowest BCUT2D eigenvalue weighted by Gasteiger charge is -2.07. The minimum absolute atomic E-state index is 0.131. The molecule has 0 saturated heterocycles. The molecule has 1 heterocycles. The van der Waals surface area contributed by atoms with E-state index < -0.39 is 16.9 Å². The Morgan fingerprint density at radius 3 is 2.35 bits per heavy atom. The van der Waals surface area contributed by atoms with Gasteiger partial charge in [-0.25, -0.2) is 4.39 Å². The van der Waals surface area contributed by atoms with Gasteiger partial charge in [0.2, 0.25) is 0 Å². The molecule has 0 aliphatic rings. The van der Waals surface area contributed by atoms with Gasteiger partial charge in [-0.3, -0.25) is 0 Å². The number of halogens is 4. The quantitative estimate of drug-likeness (QED) is 0.719. The normalized spacial score (nSPS) is 11.9. The third-order valence-corrected chi connectivity index (χ3v) is 4.04. The Bertz CT molecular complexity index is 616. The van der Waals surface area contributed by atoms with Crippen LogP contribution in [-0.4, -0.2) is 4.37 Å². The first-order chi connectivity index (χ1) is 9.38. The molecule has 1 aromatic heterocycles. The maximum atomic E-state index is 13.8. The molecule has 0 atom stereocenters. The number of aryl methyl sites for hydroxylation is 1. The molecule has 0 aliphatic heterocycles. The average molecular weight is 303 g/mol. The van der Waals surface area contributed by atoms with Crippen LogP contribution in [0.15, 0.2) is 18.2 Å². The summed E-state index contributed by atoms with van der Waals surface area (Å²) >= 11 is 0.421. The Morgan fingerprint density at radius 2 is 1.85 bits per heavy atom. The molecule has 0 unspecified atom stereocenters. The van der Waals surface area contributed by atoms with Crippen molar-refractivity contribution in [3.8, 4) is 11.3 Å². The highest BCUT2D eigenvalue weighted by Gasteiger charge is 2.37. The van der Waals surface area contributed by atoms with Gasteiger partial charge in [0.05, 0.1) is 5.69 Å². The van der Waals surface area contributed by atoms with E-state index in [2.05, 4.69) is 4.37 Å².